The van der Waals surface area contributed by atoms with Gasteiger partial charge in [-0.05, 0) is 86.4 Å². The van der Waals surface area contributed by atoms with Gasteiger partial charge in [0.1, 0.15) is 0 Å². The minimum atomic E-state index is -1.50. The molecule has 0 nitrogen and oxygen atoms in total. The number of benzene rings is 2. The predicted octanol–water partition coefficient (Wildman–Crippen LogP) is 10.7. The van der Waals surface area contributed by atoms with Crippen molar-refractivity contribution in [1.29, 1.82) is 0 Å². The monoisotopic (exact) mass is 494 g/mol. The van der Waals surface area contributed by atoms with Gasteiger partial charge in [0, 0.05) is 11.8 Å². The fourth-order valence-corrected chi connectivity index (χ4v) is 15.4. The van der Waals surface area contributed by atoms with Crippen LogP contribution in [0.1, 0.15) is 107 Å². The van der Waals surface area contributed by atoms with Crippen molar-refractivity contribution in [3.8, 4) is 0 Å². The minimum Gasteiger partial charge on any atom is -0.0699 e. The maximum atomic E-state index is 2.89. The molecule has 0 amide bonds. The average molecular weight is 495 g/mol. The van der Waals surface area contributed by atoms with Crippen LogP contribution in [-0.4, -0.2) is 8.07 Å². The second-order valence-corrected chi connectivity index (χ2v) is 17.5. The van der Waals surface area contributed by atoms with E-state index < -0.39 is 8.07 Å². The number of unbranched alkanes of at least 4 members (excludes halogenated alkanes) is 1. The second kappa shape index (κ2) is 10.5. The summed E-state index contributed by atoms with van der Waals surface area (Å²) >= 11 is 0. The van der Waals surface area contributed by atoms with E-state index in [1.807, 2.05) is 22.3 Å². The molecule has 0 fully saturated rings. The summed E-state index contributed by atoms with van der Waals surface area (Å²) < 4.78 is 0. The molecule has 36 heavy (non-hydrogen) atoms. The lowest BCUT2D eigenvalue weighted by Gasteiger charge is -2.44. The van der Waals surface area contributed by atoms with Gasteiger partial charge < -0.3 is 0 Å². The summed E-state index contributed by atoms with van der Waals surface area (Å²) in [6, 6.07) is 24.6. The van der Waals surface area contributed by atoms with Gasteiger partial charge in [0.15, 0.2) is 0 Å². The van der Waals surface area contributed by atoms with Gasteiger partial charge in [-0.1, -0.05) is 115 Å². The Hall–Kier alpha value is -1.86. The van der Waals surface area contributed by atoms with E-state index in [0.717, 1.165) is 11.1 Å². The van der Waals surface area contributed by atoms with Crippen molar-refractivity contribution in [3.63, 3.8) is 0 Å². The van der Waals surface area contributed by atoms with E-state index in [1.165, 1.54) is 77.0 Å². The minimum absolute atomic E-state index is 0.708. The number of rotatable bonds is 7. The Morgan fingerprint density at radius 3 is 1.53 bits per heavy atom. The lowest BCUT2D eigenvalue weighted by Crippen LogP contribution is -2.42. The van der Waals surface area contributed by atoms with Crippen molar-refractivity contribution < 1.29 is 0 Å². The predicted molar refractivity (Wildman–Crippen MR) is 157 cm³/mol. The first-order chi connectivity index (χ1) is 17.7. The summed E-state index contributed by atoms with van der Waals surface area (Å²) in [5.74, 6) is 1.42. The van der Waals surface area contributed by atoms with Gasteiger partial charge >= 0.3 is 0 Å². The Bertz CT molecular complexity index is 1020. The highest BCUT2D eigenvalue weighted by Crippen LogP contribution is 2.62. The summed E-state index contributed by atoms with van der Waals surface area (Å²) in [7, 11) is -1.50. The van der Waals surface area contributed by atoms with Crippen LogP contribution in [-0.2, 0) is 0 Å². The quantitative estimate of drug-likeness (QED) is 0.265. The van der Waals surface area contributed by atoms with Crippen LogP contribution in [0.5, 0.6) is 0 Å². The topological polar surface area (TPSA) is 0 Å². The first-order valence-corrected chi connectivity index (χ1v) is 18.1. The van der Waals surface area contributed by atoms with Crippen molar-refractivity contribution in [2.24, 2.45) is 0 Å². The Morgan fingerprint density at radius 2 is 1.08 bits per heavy atom. The zero-order valence-electron chi connectivity index (χ0n) is 22.8. The van der Waals surface area contributed by atoms with E-state index in [1.54, 1.807) is 17.2 Å². The van der Waals surface area contributed by atoms with Crippen molar-refractivity contribution in [2.45, 2.75) is 119 Å². The molecule has 2 aromatic rings. The van der Waals surface area contributed by atoms with Crippen LogP contribution < -0.4 is 0 Å². The molecule has 0 N–H and O–H groups in total. The molecule has 4 aliphatic rings. The standard InChI is InChI=1S/C35H46Si/c1-3-4-25-36(2,34-23-21-30-28(17-11-19-32(30)34)26-13-7-5-8-14-26)35-24-22-31-29(18-12-20-33(31)35)27-15-9-6-10-16-27/h5-10,13-16,28-29,34-35H,3-4,11-12,17-25H2,1-2H3. The molecule has 2 aromatic carbocycles. The molecule has 0 aromatic heterocycles. The largest absolute Gasteiger partial charge is 0.0699 e. The molecule has 0 saturated heterocycles. The van der Waals surface area contributed by atoms with Gasteiger partial charge in [0.2, 0.25) is 0 Å². The van der Waals surface area contributed by atoms with Crippen molar-refractivity contribution in [2.75, 3.05) is 0 Å². The van der Waals surface area contributed by atoms with Gasteiger partial charge in [0.25, 0.3) is 0 Å². The molecule has 0 radical (unpaired) electrons. The molecule has 190 valence electrons. The van der Waals surface area contributed by atoms with Crippen LogP contribution in [0.3, 0.4) is 0 Å². The van der Waals surface area contributed by atoms with Gasteiger partial charge in [-0.15, -0.1) is 0 Å². The highest BCUT2D eigenvalue weighted by molar-refractivity contribution is 6.82. The number of allylic oxidation sites excluding steroid dienone is 4. The maximum absolute atomic E-state index is 2.89. The maximum Gasteiger partial charge on any atom is 0.0649 e. The number of hydrogen-bond donors (Lipinski definition) is 0. The lowest BCUT2D eigenvalue weighted by molar-refractivity contribution is 0.596. The van der Waals surface area contributed by atoms with Gasteiger partial charge in [-0.2, -0.15) is 0 Å². The summed E-state index contributed by atoms with van der Waals surface area (Å²) in [6.07, 6.45) is 16.9. The van der Waals surface area contributed by atoms with E-state index in [-0.39, 0.29) is 0 Å². The van der Waals surface area contributed by atoms with Gasteiger partial charge in [-0.25, -0.2) is 0 Å². The van der Waals surface area contributed by atoms with Crippen LogP contribution in [0.15, 0.2) is 83.0 Å². The van der Waals surface area contributed by atoms with E-state index in [9.17, 15) is 0 Å². The zero-order chi connectivity index (χ0) is 24.5. The normalized spacial score (nSPS) is 29.7. The highest BCUT2D eigenvalue weighted by atomic mass is 28.3. The first kappa shape index (κ1) is 24.5. The molecule has 0 heterocycles. The van der Waals surface area contributed by atoms with Crippen molar-refractivity contribution in [3.05, 3.63) is 94.1 Å². The Labute approximate surface area is 221 Å². The van der Waals surface area contributed by atoms with Crippen LogP contribution in [0.2, 0.25) is 23.7 Å². The molecule has 0 saturated carbocycles. The zero-order valence-corrected chi connectivity index (χ0v) is 23.8. The molecule has 4 atom stereocenters. The lowest BCUT2D eigenvalue weighted by atomic mass is 9.80. The third-order valence-electron chi connectivity index (χ3n) is 10.9. The smallest absolute Gasteiger partial charge is 0.0649 e. The first-order valence-electron chi connectivity index (χ1n) is 15.2. The molecule has 6 rings (SSSR count). The molecule has 0 spiro atoms. The third kappa shape index (κ3) is 4.30. The number of hydrogen-bond acceptors (Lipinski definition) is 0. The average Bonchev–Trinajstić information content (AvgIpc) is 3.58. The Balaban J connectivity index is 1.36. The molecule has 0 bridgehead atoms. The SMILES string of the molecule is CCCC[Si](C)(C1CCC2=C1CCCC2c1ccccc1)C1CCC2=C1CCCC2c1ccccc1. The fraction of sp³-hybridized carbons (Fsp3) is 0.543. The molecule has 4 aliphatic carbocycles. The van der Waals surface area contributed by atoms with Gasteiger partial charge in [0.05, 0.1) is 8.07 Å². The van der Waals surface area contributed by atoms with Crippen molar-refractivity contribution >= 4 is 8.07 Å². The summed E-state index contributed by atoms with van der Waals surface area (Å²) in [5.41, 5.74) is 12.8. The summed E-state index contributed by atoms with van der Waals surface area (Å²) in [6.45, 7) is 5.31. The Kier molecular flexibility index (Phi) is 7.13. The van der Waals surface area contributed by atoms with E-state index in [0.29, 0.717) is 11.8 Å². The highest BCUT2D eigenvalue weighted by Gasteiger charge is 2.51. The summed E-state index contributed by atoms with van der Waals surface area (Å²) in [5, 5.41) is 0. The molecule has 1 heteroatoms. The second-order valence-electron chi connectivity index (χ2n) is 12.6. The molecular formula is C35H46Si. The fourth-order valence-electron chi connectivity index (χ4n) is 9.24. The van der Waals surface area contributed by atoms with E-state index in [4.69, 9.17) is 0 Å². The van der Waals surface area contributed by atoms with Gasteiger partial charge in [-0.3, -0.25) is 0 Å². The Morgan fingerprint density at radius 1 is 0.611 bits per heavy atom. The van der Waals surface area contributed by atoms with E-state index >= 15 is 0 Å². The van der Waals surface area contributed by atoms with Crippen LogP contribution in [0.4, 0.5) is 0 Å². The molecule has 4 unspecified atom stereocenters. The van der Waals surface area contributed by atoms with Crippen LogP contribution >= 0.6 is 0 Å². The van der Waals surface area contributed by atoms with Crippen molar-refractivity contribution in [1.82, 2.24) is 0 Å². The van der Waals surface area contributed by atoms with Crippen LogP contribution in [0.25, 0.3) is 0 Å². The summed E-state index contributed by atoms with van der Waals surface area (Å²) in [4.78, 5) is 0. The van der Waals surface area contributed by atoms with E-state index in [2.05, 4.69) is 74.1 Å². The third-order valence-corrected chi connectivity index (χ3v) is 16.7. The molecule has 0 aliphatic heterocycles. The molecular weight excluding hydrogens is 448 g/mol. The van der Waals surface area contributed by atoms with Crippen LogP contribution in [0, 0.1) is 0 Å².